The number of nitrogens with zero attached hydrogens (tertiary/aromatic N) is 2. The molecule has 0 spiro atoms. The molecule has 0 aromatic heterocycles. The van der Waals surface area contributed by atoms with Gasteiger partial charge in [0, 0.05) is 26.3 Å². The van der Waals surface area contributed by atoms with Crippen LogP contribution in [-0.4, -0.2) is 99.3 Å². The Hall–Kier alpha value is -2.33. The van der Waals surface area contributed by atoms with Crippen LogP contribution in [0.25, 0.3) is 0 Å². The minimum Gasteiger partial charge on any atom is -0.383 e. The van der Waals surface area contributed by atoms with Crippen molar-refractivity contribution < 1.29 is 28.6 Å². The monoisotopic (exact) mass is 515 g/mol. The van der Waals surface area contributed by atoms with Gasteiger partial charge in [0.15, 0.2) is 5.78 Å². The van der Waals surface area contributed by atoms with Gasteiger partial charge in [-0.05, 0) is 61.4 Å². The number of carbonyl (C=O) groups is 3. The van der Waals surface area contributed by atoms with Gasteiger partial charge >= 0.3 is 0 Å². The van der Waals surface area contributed by atoms with Crippen molar-refractivity contribution in [2.45, 2.75) is 63.2 Å². The highest BCUT2D eigenvalue weighted by Crippen LogP contribution is 2.37. The second-order valence-corrected chi connectivity index (χ2v) is 11.0. The van der Waals surface area contributed by atoms with Gasteiger partial charge in [0.05, 0.1) is 19.1 Å². The van der Waals surface area contributed by atoms with Crippen molar-refractivity contribution in [3.05, 3.63) is 34.9 Å². The number of hydrogen-bond acceptors (Lipinski definition) is 7. The number of fused-ring (bicyclic) bond motifs is 1. The van der Waals surface area contributed by atoms with E-state index in [1.54, 1.807) is 25.2 Å². The highest BCUT2D eigenvalue weighted by atomic mass is 16.5. The summed E-state index contributed by atoms with van der Waals surface area (Å²) in [5.74, 6) is -0.884. The van der Waals surface area contributed by atoms with Crippen LogP contribution in [0.3, 0.4) is 0 Å². The molecule has 9 heteroatoms. The van der Waals surface area contributed by atoms with Gasteiger partial charge in [-0.1, -0.05) is 26.0 Å². The molecule has 3 saturated heterocycles. The number of hydrogen-bond donors (Lipinski definition) is 1. The Kier molecular flexibility index (Phi) is 9.00. The number of likely N-dealkylation sites (tertiary alicyclic amines) is 2. The van der Waals surface area contributed by atoms with E-state index in [9.17, 15) is 14.4 Å². The van der Waals surface area contributed by atoms with E-state index in [1.165, 1.54) is 0 Å². The summed E-state index contributed by atoms with van der Waals surface area (Å²) in [6, 6.07) is 5.13. The van der Waals surface area contributed by atoms with Crippen LogP contribution in [0.15, 0.2) is 18.2 Å². The van der Waals surface area contributed by atoms with E-state index in [-0.39, 0.29) is 36.9 Å². The molecule has 1 aromatic rings. The fraction of sp³-hybridized carbons (Fsp3) is 0.679. The summed E-state index contributed by atoms with van der Waals surface area (Å²) in [5, 5.41) is 0. The number of nitrogens with two attached hydrogens (primary N) is 1. The van der Waals surface area contributed by atoms with E-state index >= 15 is 0 Å². The average molecular weight is 516 g/mol. The lowest BCUT2D eigenvalue weighted by atomic mass is 9.81. The van der Waals surface area contributed by atoms with E-state index in [1.807, 2.05) is 12.1 Å². The molecule has 3 aliphatic heterocycles. The van der Waals surface area contributed by atoms with E-state index in [4.69, 9.17) is 19.9 Å². The minimum absolute atomic E-state index is 0.0150. The van der Waals surface area contributed by atoms with Crippen LogP contribution in [0.4, 0.5) is 0 Å². The summed E-state index contributed by atoms with van der Waals surface area (Å²) in [6.07, 6.45) is 1.73. The lowest BCUT2D eigenvalue weighted by Gasteiger charge is -2.33. The molecule has 4 atom stereocenters. The third-order valence-electron chi connectivity index (χ3n) is 8.12. The van der Waals surface area contributed by atoms with Gasteiger partial charge < -0.3 is 29.7 Å². The summed E-state index contributed by atoms with van der Waals surface area (Å²) < 4.78 is 16.5. The maximum absolute atomic E-state index is 14.1. The Morgan fingerprint density at radius 3 is 2.54 bits per heavy atom. The molecule has 3 aliphatic rings. The van der Waals surface area contributed by atoms with Crippen LogP contribution in [0.1, 0.15) is 66.4 Å². The van der Waals surface area contributed by atoms with E-state index in [0.717, 1.165) is 44.6 Å². The Morgan fingerprint density at radius 1 is 1.19 bits per heavy atom. The topological polar surface area (TPSA) is 111 Å². The van der Waals surface area contributed by atoms with Crippen LogP contribution >= 0.6 is 0 Å². The minimum atomic E-state index is -0.649. The van der Waals surface area contributed by atoms with Crippen molar-refractivity contribution in [2.75, 3.05) is 53.6 Å². The molecular formula is C28H41N3O6. The first kappa shape index (κ1) is 27.7. The number of amides is 2. The number of methoxy groups -OCH3 is 2. The number of rotatable bonds is 10. The molecule has 204 valence electrons. The van der Waals surface area contributed by atoms with E-state index < -0.39 is 24.0 Å². The van der Waals surface area contributed by atoms with Crippen molar-refractivity contribution in [2.24, 2.45) is 11.7 Å². The summed E-state index contributed by atoms with van der Waals surface area (Å²) in [7, 11) is 3.29. The molecule has 1 aromatic carbocycles. The first-order valence-corrected chi connectivity index (χ1v) is 13.4. The predicted octanol–water partition coefficient (Wildman–Crippen LogP) is 1.93. The number of carbonyl (C=O) groups excluding carboxylic acids is 3. The number of ketones is 1. The SMILES string of the molecule is COCCN1CCC(c2ccc(C(N)=O)c([C@H](CC(C)C)C(=O)N3C[C@H](OC)[C@H]4OCC(=O)[C@H]43)c2)CC1. The average Bonchev–Trinajstić information content (AvgIpc) is 3.45. The maximum atomic E-state index is 14.1. The Morgan fingerprint density at radius 2 is 1.92 bits per heavy atom. The van der Waals surface area contributed by atoms with Crippen LogP contribution < -0.4 is 5.73 Å². The zero-order valence-electron chi connectivity index (χ0n) is 22.5. The standard InChI is InChI=1S/C28H41N3O6/c1-17(2)13-22(28(34)31-15-24(36-4)26-25(31)23(32)16-37-26)21-14-19(5-6-20(21)27(29)33)18-7-9-30(10-8-18)11-12-35-3/h5-6,14,17-18,22,24-26H,7-13,15-16H2,1-4H3,(H2,29,33)/t22-,24-,25+,26+/m0/s1. The first-order chi connectivity index (χ1) is 17.7. The second-order valence-electron chi connectivity index (χ2n) is 11.0. The van der Waals surface area contributed by atoms with E-state index in [0.29, 0.717) is 23.5 Å². The van der Waals surface area contributed by atoms with Gasteiger partial charge in [0.2, 0.25) is 11.8 Å². The Bertz CT molecular complexity index is 990. The molecule has 3 heterocycles. The number of ether oxygens (including phenoxy) is 3. The summed E-state index contributed by atoms with van der Waals surface area (Å²) in [4.78, 5) is 43.3. The Balaban J connectivity index is 1.64. The van der Waals surface area contributed by atoms with Gasteiger partial charge in [0.1, 0.15) is 24.9 Å². The maximum Gasteiger partial charge on any atom is 0.249 e. The van der Waals surface area contributed by atoms with Gasteiger partial charge in [0.25, 0.3) is 0 Å². The molecule has 3 fully saturated rings. The molecule has 0 radical (unpaired) electrons. The molecule has 2 N–H and O–H groups in total. The molecule has 0 aliphatic carbocycles. The normalized spacial score (nSPS) is 25.6. The van der Waals surface area contributed by atoms with Crippen LogP contribution in [0.5, 0.6) is 0 Å². The zero-order chi connectivity index (χ0) is 26.7. The van der Waals surface area contributed by atoms with Crippen LogP contribution in [0, 0.1) is 5.92 Å². The smallest absolute Gasteiger partial charge is 0.249 e. The number of piperidine rings is 1. The highest BCUT2D eigenvalue weighted by Gasteiger charge is 2.53. The number of benzene rings is 1. The highest BCUT2D eigenvalue weighted by molar-refractivity contribution is 5.99. The molecular weight excluding hydrogens is 474 g/mol. The Labute approximate surface area is 219 Å². The molecule has 0 bridgehead atoms. The lowest BCUT2D eigenvalue weighted by molar-refractivity contribution is -0.138. The van der Waals surface area contributed by atoms with Crippen molar-refractivity contribution in [3.63, 3.8) is 0 Å². The zero-order valence-corrected chi connectivity index (χ0v) is 22.5. The van der Waals surface area contributed by atoms with Gasteiger partial charge in [-0.3, -0.25) is 14.4 Å². The van der Waals surface area contributed by atoms with Crippen molar-refractivity contribution in [1.82, 2.24) is 9.80 Å². The van der Waals surface area contributed by atoms with Crippen LogP contribution in [-0.2, 0) is 23.8 Å². The molecule has 9 nitrogen and oxygen atoms in total. The van der Waals surface area contributed by atoms with Gasteiger partial charge in [-0.2, -0.15) is 0 Å². The first-order valence-electron chi connectivity index (χ1n) is 13.4. The fourth-order valence-corrected chi connectivity index (χ4v) is 6.14. The molecule has 2 amide bonds. The summed E-state index contributed by atoms with van der Waals surface area (Å²) >= 11 is 0. The van der Waals surface area contributed by atoms with E-state index in [2.05, 4.69) is 18.7 Å². The van der Waals surface area contributed by atoms with Crippen molar-refractivity contribution in [3.8, 4) is 0 Å². The second kappa shape index (κ2) is 12.0. The third-order valence-corrected chi connectivity index (χ3v) is 8.12. The van der Waals surface area contributed by atoms with Crippen molar-refractivity contribution >= 4 is 17.6 Å². The molecule has 0 saturated carbocycles. The number of Topliss-reactive ketones (excluding diaryl/α,β-unsaturated/α-hetero) is 1. The lowest BCUT2D eigenvalue weighted by Crippen LogP contribution is -2.44. The van der Waals surface area contributed by atoms with Gasteiger partial charge in [-0.25, -0.2) is 0 Å². The van der Waals surface area contributed by atoms with Gasteiger partial charge in [-0.15, -0.1) is 0 Å². The molecule has 0 unspecified atom stereocenters. The largest absolute Gasteiger partial charge is 0.383 e. The third kappa shape index (κ3) is 5.90. The summed E-state index contributed by atoms with van der Waals surface area (Å²) in [6.45, 7) is 7.98. The number of primary amides is 1. The molecule has 4 rings (SSSR count). The fourth-order valence-electron chi connectivity index (χ4n) is 6.14. The summed E-state index contributed by atoms with van der Waals surface area (Å²) in [5.41, 5.74) is 7.96. The molecule has 37 heavy (non-hydrogen) atoms. The van der Waals surface area contributed by atoms with Crippen molar-refractivity contribution in [1.29, 1.82) is 0 Å². The van der Waals surface area contributed by atoms with Crippen LogP contribution in [0.2, 0.25) is 0 Å². The quantitative estimate of drug-likeness (QED) is 0.507. The predicted molar refractivity (Wildman–Crippen MR) is 138 cm³/mol.